The van der Waals surface area contributed by atoms with Gasteiger partial charge in [-0.3, -0.25) is 0 Å². The first-order valence-electron chi connectivity index (χ1n) is 9.30. The van der Waals surface area contributed by atoms with Gasteiger partial charge in [-0.15, -0.1) is 22.7 Å². The quantitative estimate of drug-likeness (QED) is 0.565. The Morgan fingerprint density at radius 3 is 2.31 bits per heavy atom. The predicted molar refractivity (Wildman–Crippen MR) is 117 cm³/mol. The van der Waals surface area contributed by atoms with Crippen LogP contribution in [0.5, 0.6) is 0 Å². The molecule has 0 amide bonds. The minimum Gasteiger partial charge on any atom is -0.222 e. The second-order valence-electron chi connectivity index (χ2n) is 6.97. The summed E-state index contributed by atoms with van der Waals surface area (Å²) < 4.78 is 54.8. The maximum absolute atomic E-state index is 13.1. The molecule has 0 bridgehead atoms. The lowest BCUT2D eigenvalue weighted by atomic mass is 9.92. The minimum absolute atomic E-state index is 0.191. The number of thiophene rings is 2. The predicted octanol–water partition coefficient (Wildman–Crippen LogP) is 4.18. The zero-order valence-corrected chi connectivity index (χ0v) is 18.8. The lowest BCUT2D eigenvalue weighted by molar-refractivity contribution is 0.570. The third-order valence-electron chi connectivity index (χ3n) is 5.10. The average Bonchev–Trinajstić information content (AvgIpc) is 3.42. The van der Waals surface area contributed by atoms with Crippen LogP contribution in [0.15, 0.2) is 62.3 Å². The van der Waals surface area contributed by atoms with Crippen molar-refractivity contribution in [3.8, 4) is 0 Å². The fourth-order valence-corrected chi connectivity index (χ4v) is 8.74. The highest BCUT2D eigenvalue weighted by atomic mass is 32.2. The first-order valence-corrected chi connectivity index (χ1v) is 14.1. The van der Waals surface area contributed by atoms with E-state index in [9.17, 15) is 16.8 Å². The van der Waals surface area contributed by atoms with Gasteiger partial charge in [0.2, 0.25) is 10.0 Å². The molecule has 0 saturated carbocycles. The summed E-state index contributed by atoms with van der Waals surface area (Å²) in [5, 5.41) is 2.54. The first-order chi connectivity index (χ1) is 13.9. The molecule has 4 rings (SSSR count). The van der Waals surface area contributed by atoms with Gasteiger partial charge in [-0.05, 0) is 71.8 Å². The zero-order chi connectivity index (χ0) is 20.5. The molecule has 3 aromatic rings. The summed E-state index contributed by atoms with van der Waals surface area (Å²) in [7, 11) is -7.51. The van der Waals surface area contributed by atoms with Crippen molar-refractivity contribution in [2.24, 2.45) is 0 Å². The number of aryl methyl sites for hydroxylation is 2. The number of hydrogen-bond acceptors (Lipinski definition) is 6. The molecular weight excluding hydrogens is 446 g/mol. The Morgan fingerprint density at radius 2 is 1.62 bits per heavy atom. The van der Waals surface area contributed by atoms with Crippen LogP contribution in [0.2, 0.25) is 0 Å². The van der Waals surface area contributed by atoms with Gasteiger partial charge in [0.1, 0.15) is 9.46 Å². The Labute approximate surface area is 179 Å². The number of sulfonamides is 1. The Morgan fingerprint density at radius 1 is 0.897 bits per heavy atom. The van der Waals surface area contributed by atoms with E-state index >= 15 is 0 Å². The largest absolute Gasteiger partial charge is 0.240 e. The summed E-state index contributed by atoms with van der Waals surface area (Å²) in [6, 6.07) is 12.0. The molecule has 2 aromatic heterocycles. The molecule has 1 aliphatic rings. The van der Waals surface area contributed by atoms with Crippen molar-refractivity contribution in [1.82, 2.24) is 4.72 Å². The summed E-state index contributed by atoms with van der Waals surface area (Å²) in [6.07, 6.45) is 4.04. The van der Waals surface area contributed by atoms with E-state index in [-0.39, 0.29) is 15.6 Å². The van der Waals surface area contributed by atoms with Crippen LogP contribution in [0.25, 0.3) is 0 Å². The number of sulfone groups is 1. The van der Waals surface area contributed by atoms with Gasteiger partial charge in [-0.2, -0.15) is 0 Å². The van der Waals surface area contributed by atoms with Crippen molar-refractivity contribution in [2.45, 2.75) is 40.0 Å². The molecule has 5 nitrogen and oxygen atoms in total. The smallest absolute Gasteiger partial charge is 0.222 e. The van der Waals surface area contributed by atoms with Gasteiger partial charge in [0, 0.05) is 11.4 Å². The van der Waals surface area contributed by atoms with E-state index in [4.69, 9.17) is 0 Å². The number of hydrogen-bond donors (Lipinski definition) is 1. The first kappa shape index (κ1) is 20.7. The third kappa shape index (κ3) is 4.34. The van der Waals surface area contributed by atoms with Gasteiger partial charge in [0.25, 0.3) is 0 Å². The summed E-state index contributed by atoms with van der Waals surface area (Å²) >= 11 is 2.45. The van der Waals surface area contributed by atoms with E-state index in [1.165, 1.54) is 16.9 Å². The fourth-order valence-electron chi connectivity index (χ4n) is 3.55. The number of rotatable bonds is 7. The van der Waals surface area contributed by atoms with Crippen molar-refractivity contribution in [3.05, 3.63) is 69.2 Å². The lowest BCUT2D eigenvalue weighted by Crippen LogP contribution is -2.31. The van der Waals surface area contributed by atoms with E-state index in [2.05, 4.69) is 4.72 Å². The molecule has 0 radical (unpaired) electrons. The average molecular weight is 468 g/mol. The van der Waals surface area contributed by atoms with Crippen LogP contribution in [-0.4, -0.2) is 23.4 Å². The molecule has 1 atom stereocenters. The highest BCUT2D eigenvalue weighted by Crippen LogP contribution is 2.34. The summed E-state index contributed by atoms with van der Waals surface area (Å²) in [4.78, 5) is 0.808. The summed E-state index contributed by atoms with van der Waals surface area (Å²) in [6.45, 7) is -0.208. The zero-order valence-electron chi connectivity index (χ0n) is 15.6. The molecule has 1 N–H and O–H groups in total. The molecule has 0 aliphatic heterocycles. The van der Waals surface area contributed by atoms with Gasteiger partial charge in [-0.1, -0.05) is 18.2 Å². The Balaban J connectivity index is 1.60. The lowest BCUT2D eigenvalue weighted by Gasteiger charge is -2.18. The SMILES string of the molecule is O=S(=O)(NC[C@H](c1cccs1)S(=O)(=O)c1cccs1)c1ccc2c(c1)CCCC2. The highest BCUT2D eigenvalue weighted by molar-refractivity contribution is 7.94. The van der Waals surface area contributed by atoms with E-state index in [0.29, 0.717) is 4.88 Å². The van der Waals surface area contributed by atoms with Crippen molar-refractivity contribution < 1.29 is 16.8 Å². The van der Waals surface area contributed by atoms with Crippen LogP contribution in [-0.2, 0) is 32.7 Å². The van der Waals surface area contributed by atoms with Crippen molar-refractivity contribution >= 4 is 42.5 Å². The Hall–Kier alpha value is -1.52. The van der Waals surface area contributed by atoms with Crippen LogP contribution >= 0.6 is 22.7 Å². The molecule has 0 spiro atoms. The van der Waals surface area contributed by atoms with Crippen LogP contribution in [0.4, 0.5) is 0 Å². The van der Waals surface area contributed by atoms with E-state index in [0.717, 1.165) is 42.6 Å². The molecule has 154 valence electrons. The normalized spacial score (nSPS) is 15.7. The third-order valence-corrected chi connectivity index (χ3v) is 11.2. The van der Waals surface area contributed by atoms with Crippen LogP contribution in [0.1, 0.15) is 34.1 Å². The van der Waals surface area contributed by atoms with Crippen molar-refractivity contribution in [2.75, 3.05) is 6.54 Å². The van der Waals surface area contributed by atoms with Gasteiger partial charge < -0.3 is 0 Å². The molecule has 0 saturated heterocycles. The van der Waals surface area contributed by atoms with Crippen LogP contribution < -0.4 is 4.72 Å². The standard InChI is InChI=1S/C20H21NO4S4/c22-28(23,20-8-4-12-27-20)19(18-7-3-11-26-18)14-21-29(24,25)17-10-9-15-5-1-2-6-16(15)13-17/h3-4,7-13,19,21H,1-2,5-6,14H2/t19-/m1/s1. The van der Waals surface area contributed by atoms with E-state index < -0.39 is 25.1 Å². The number of fused-ring (bicyclic) bond motifs is 1. The maximum Gasteiger partial charge on any atom is 0.240 e. The van der Waals surface area contributed by atoms with Gasteiger partial charge in [0.15, 0.2) is 9.84 Å². The summed E-state index contributed by atoms with van der Waals surface area (Å²) in [5.41, 5.74) is 2.27. The van der Waals surface area contributed by atoms with Gasteiger partial charge in [0.05, 0.1) is 4.90 Å². The molecule has 0 fully saturated rings. The van der Waals surface area contributed by atoms with Crippen molar-refractivity contribution in [3.63, 3.8) is 0 Å². The summed E-state index contributed by atoms with van der Waals surface area (Å²) in [5.74, 6) is 0. The maximum atomic E-state index is 13.1. The topological polar surface area (TPSA) is 80.3 Å². The molecule has 29 heavy (non-hydrogen) atoms. The number of benzene rings is 1. The highest BCUT2D eigenvalue weighted by Gasteiger charge is 2.32. The number of nitrogens with one attached hydrogen (secondary N) is 1. The molecule has 1 aliphatic carbocycles. The molecule has 9 heteroatoms. The second kappa shape index (κ2) is 8.31. The molecular formula is C20H21NO4S4. The van der Waals surface area contributed by atoms with Crippen LogP contribution in [0.3, 0.4) is 0 Å². The molecule has 2 heterocycles. The van der Waals surface area contributed by atoms with Crippen LogP contribution in [0, 0.1) is 0 Å². The monoisotopic (exact) mass is 467 g/mol. The Kier molecular flexibility index (Phi) is 5.94. The minimum atomic E-state index is -3.82. The fraction of sp³-hybridized carbons (Fsp3) is 0.300. The van der Waals surface area contributed by atoms with E-state index in [1.807, 2.05) is 6.07 Å². The molecule has 0 unspecified atom stereocenters. The van der Waals surface area contributed by atoms with E-state index in [1.54, 1.807) is 47.2 Å². The molecule has 1 aromatic carbocycles. The Bertz CT molecular complexity index is 1180. The van der Waals surface area contributed by atoms with Gasteiger partial charge in [-0.25, -0.2) is 21.6 Å². The van der Waals surface area contributed by atoms with Crippen molar-refractivity contribution in [1.29, 1.82) is 0 Å². The van der Waals surface area contributed by atoms with Gasteiger partial charge >= 0.3 is 0 Å². The second-order valence-corrected chi connectivity index (χ2v) is 13.0.